The standard InChI is InChI=1S/C14H14N4/c1-10-8-15-7-6-11(10)9-16-14-17-12-4-2-3-5-13(12)18-14/h2-8H,9H2,1H3,(H2,16,17,18). The van der Waals surface area contributed by atoms with Gasteiger partial charge in [-0.3, -0.25) is 4.98 Å². The van der Waals surface area contributed by atoms with Crippen LogP contribution >= 0.6 is 0 Å². The van der Waals surface area contributed by atoms with E-state index in [0.29, 0.717) is 0 Å². The van der Waals surface area contributed by atoms with Crippen LogP contribution in [0, 0.1) is 6.92 Å². The fourth-order valence-electron chi connectivity index (χ4n) is 1.92. The smallest absolute Gasteiger partial charge is 0.201 e. The average Bonchev–Trinajstić information content (AvgIpc) is 2.80. The number of aryl methyl sites for hydroxylation is 1. The fourth-order valence-corrected chi connectivity index (χ4v) is 1.92. The largest absolute Gasteiger partial charge is 0.352 e. The van der Waals surface area contributed by atoms with Gasteiger partial charge in [0.25, 0.3) is 0 Å². The minimum Gasteiger partial charge on any atom is -0.352 e. The molecule has 0 saturated heterocycles. The van der Waals surface area contributed by atoms with Gasteiger partial charge in [-0.1, -0.05) is 12.1 Å². The Balaban J connectivity index is 1.79. The predicted molar refractivity (Wildman–Crippen MR) is 72.4 cm³/mol. The molecule has 3 aromatic rings. The molecule has 2 heterocycles. The number of hydrogen-bond donors (Lipinski definition) is 2. The summed E-state index contributed by atoms with van der Waals surface area (Å²) in [6.07, 6.45) is 3.68. The molecule has 0 amide bonds. The van der Waals surface area contributed by atoms with Crippen molar-refractivity contribution in [2.45, 2.75) is 13.5 Å². The molecule has 2 N–H and O–H groups in total. The maximum atomic E-state index is 4.48. The third-order valence-electron chi connectivity index (χ3n) is 2.97. The van der Waals surface area contributed by atoms with Gasteiger partial charge in [-0.15, -0.1) is 0 Å². The number of fused-ring (bicyclic) bond motifs is 1. The highest BCUT2D eigenvalue weighted by Crippen LogP contribution is 2.14. The Labute approximate surface area is 105 Å². The number of pyridine rings is 1. The monoisotopic (exact) mass is 238 g/mol. The molecular weight excluding hydrogens is 224 g/mol. The molecule has 0 radical (unpaired) electrons. The van der Waals surface area contributed by atoms with Gasteiger partial charge in [0.2, 0.25) is 5.95 Å². The van der Waals surface area contributed by atoms with E-state index < -0.39 is 0 Å². The van der Waals surface area contributed by atoms with E-state index in [1.165, 1.54) is 11.1 Å². The van der Waals surface area contributed by atoms with Gasteiger partial charge in [-0.2, -0.15) is 0 Å². The second-order valence-corrected chi connectivity index (χ2v) is 4.26. The summed E-state index contributed by atoms with van der Waals surface area (Å²) in [5.74, 6) is 0.799. The van der Waals surface area contributed by atoms with Gasteiger partial charge in [-0.05, 0) is 36.2 Å². The van der Waals surface area contributed by atoms with Gasteiger partial charge in [0.15, 0.2) is 0 Å². The van der Waals surface area contributed by atoms with Crippen LogP contribution in [0.2, 0.25) is 0 Å². The summed E-state index contributed by atoms with van der Waals surface area (Å²) in [7, 11) is 0. The van der Waals surface area contributed by atoms with Crippen LogP contribution in [0.4, 0.5) is 5.95 Å². The second-order valence-electron chi connectivity index (χ2n) is 4.26. The predicted octanol–water partition coefficient (Wildman–Crippen LogP) is 2.88. The molecule has 0 atom stereocenters. The molecule has 1 aromatic carbocycles. The van der Waals surface area contributed by atoms with Crippen LogP contribution in [0.3, 0.4) is 0 Å². The van der Waals surface area contributed by atoms with E-state index in [1.807, 2.05) is 42.7 Å². The molecule has 2 aromatic heterocycles. The molecule has 4 nitrogen and oxygen atoms in total. The van der Waals surface area contributed by atoms with Crippen LogP contribution in [-0.2, 0) is 6.54 Å². The first-order valence-corrected chi connectivity index (χ1v) is 5.91. The molecule has 3 rings (SSSR count). The lowest BCUT2D eigenvalue weighted by Gasteiger charge is -2.05. The maximum Gasteiger partial charge on any atom is 0.201 e. The minimum absolute atomic E-state index is 0.744. The summed E-state index contributed by atoms with van der Waals surface area (Å²) in [5, 5.41) is 3.30. The van der Waals surface area contributed by atoms with E-state index in [4.69, 9.17) is 0 Å². The van der Waals surface area contributed by atoms with Crippen LogP contribution < -0.4 is 5.32 Å². The topological polar surface area (TPSA) is 53.6 Å². The van der Waals surface area contributed by atoms with Crippen LogP contribution in [0.25, 0.3) is 11.0 Å². The highest BCUT2D eigenvalue weighted by atomic mass is 15.1. The number of benzene rings is 1. The van der Waals surface area contributed by atoms with E-state index in [0.717, 1.165) is 23.5 Å². The molecule has 0 bridgehead atoms. The Morgan fingerprint density at radius 2 is 2.11 bits per heavy atom. The highest BCUT2D eigenvalue weighted by Gasteiger charge is 2.02. The summed E-state index contributed by atoms with van der Waals surface area (Å²) < 4.78 is 0. The van der Waals surface area contributed by atoms with Crippen molar-refractivity contribution >= 4 is 17.0 Å². The first-order valence-electron chi connectivity index (χ1n) is 5.91. The van der Waals surface area contributed by atoms with E-state index in [1.54, 1.807) is 0 Å². The summed E-state index contributed by atoms with van der Waals surface area (Å²) in [5.41, 5.74) is 4.43. The summed E-state index contributed by atoms with van der Waals surface area (Å²) in [6.45, 7) is 2.80. The minimum atomic E-state index is 0.744. The van der Waals surface area contributed by atoms with Crippen molar-refractivity contribution in [2.24, 2.45) is 0 Å². The van der Waals surface area contributed by atoms with Crippen molar-refractivity contribution in [1.82, 2.24) is 15.0 Å². The van der Waals surface area contributed by atoms with Crippen molar-refractivity contribution in [1.29, 1.82) is 0 Å². The van der Waals surface area contributed by atoms with E-state index in [9.17, 15) is 0 Å². The Morgan fingerprint density at radius 3 is 2.94 bits per heavy atom. The molecule has 0 saturated carbocycles. The Hall–Kier alpha value is -2.36. The lowest BCUT2D eigenvalue weighted by Crippen LogP contribution is -2.02. The number of nitrogens with one attached hydrogen (secondary N) is 2. The van der Waals surface area contributed by atoms with Gasteiger partial charge < -0.3 is 10.3 Å². The van der Waals surface area contributed by atoms with Gasteiger partial charge in [-0.25, -0.2) is 4.98 Å². The Morgan fingerprint density at radius 1 is 1.22 bits per heavy atom. The quantitative estimate of drug-likeness (QED) is 0.737. The van der Waals surface area contributed by atoms with E-state index in [2.05, 4.69) is 27.2 Å². The van der Waals surface area contributed by atoms with Gasteiger partial charge in [0.05, 0.1) is 11.0 Å². The van der Waals surface area contributed by atoms with E-state index >= 15 is 0 Å². The van der Waals surface area contributed by atoms with Gasteiger partial charge >= 0.3 is 0 Å². The Bertz CT molecular complexity index is 639. The molecular formula is C14H14N4. The molecule has 0 aliphatic carbocycles. The first-order chi connectivity index (χ1) is 8.83. The second kappa shape index (κ2) is 4.49. The molecule has 18 heavy (non-hydrogen) atoms. The third-order valence-corrected chi connectivity index (χ3v) is 2.97. The molecule has 4 heteroatoms. The van der Waals surface area contributed by atoms with Crippen molar-refractivity contribution in [3.63, 3.8) is 0 Å². The number of anilines is 1. The van der Waals surface area contributed by atoms with Crippen molar-refractivity contribution in [3.8, 4) is 0 Å². The summed E-state index contributed by atoms with van der Waals surface area (Å²) in [6, 6.07) is 10.0. The SMILES string of the molecule is Cc1cnccc1CNc1nc2ccccc2[nH]1. The van der Waals surface area contributed by atoms with Crippen molar-refractivity contribution in [3.05, 3.63) is 53.9 Å². The number of hydrogen-bond acceptors (Lipinski definition) is 3. The Kier molecular flexibility index (Phi) is 2.68. The zero-order valence-electron chi connectivity index (χ0n) is 10.1. The van der Waals surface area contributed by atoms with Crippen molar-refractivity contribution in [2.75, 3.05) is 5.32 Å². The molecule has 0 aliphatic rings. The molecule has 0 fully saturated rings. The first kappa shape index (κ1) is 10.8. The number of nitrogens with zero attached hydrogens (tertiary/aromatic N) is 2. The highest BCUT2D eigenvalue weighted by molar-refractivity contribution is 5.77. The molecule has 0 unspecified atom stereocenters. The van der Waals surface area contributed by atoms with Gasteiger partial charge in [0.1, 0.15) is 0 Å². The number of aromatic amines is 1. The number of rotatable bonds is 3. The van der Waals surface area contributed by atoms with Crippen molar-refractivity contribution < 1.29 is 0 Å². The fraction of sp³-hybridized carbons (Fsp3) is 0.143. The normalized spacial score (nSPS) is 10.7. The van der Waals surface area contributed by atoms with Gasteiger partial charge in [0, 0.05) is 18.9 Å². The number of H-pyrrole nitrogens is 1. The maximum absolute atomic E-state index is 4.48. The average molecular weight is 238 g/mol. The zero-order valence-corrected chi connectivity index (χ0v) is 10.1. The summed E-state index contributed by atoms with van der Waals surface area (Å²) >= 11 is 0. The lowest BCUT2D eigenvalue weighted by atomic mass is 10.1. The van der Waals surface area contributed by atoms with E-state index in [-0.39, 0.29) is 0 Å². The molecule has 0 aliphatic heterocycles. The number of aromatic nitrogens is 3. The molecule has 0 spiro atoms. The lowest BCUT2D eigenvalue weighted by molar-refractivity contribution is 1.06. The van der Waals surface area contributed by atoms with Crippen LogP contribution in [-0.4, -0.2) is 15.0 Å². The number of imidazole rings is 1. The third kappa shape index (κ3) is 2.05. The van der Waals surface area contributed by atoms with Crippen LogP contribution in [0.5, 0.6) is 0 Å². The zero-order chi connectivity index (χ0) is 12.4. The summed E-state index contributed by atoms with van der Waals surface area (Å²) in [4.78, 5) is 11.8. The van der Waals surface area contributed by atoms with Crippen LogP contribution in [0.1, 0.15) is 11.1 Å². The van der Waals surface area contributed by atoms with Crippen LogP contribution in [0.15, 0.2) is 42.7 Å². The number of para-hydroxylation sites is 2. The molecule has 90 valence electrons.